The molecule has 2 rings (SSSR count). The lowest BCUT2D eigenvalue weighted by atomic mass is 10.2. The van der Waals surface area contributed by atoms with Gasteiger partial charge in [-0.25, -0.2) is 13.2 Å². The summed E-state index contributed by atoms with van der Waals surface area (Å²) in [4.78, 5) is 33.4. The van der Waals surface area contributed by atoms with Crippen molar-refractivity contribution in [3.05, 3.63) is 75.6 Å². The third-order valence-corrected chi connectivity index (χ3v) is 3.24. The summed E-state index contributed by atoms with van der Waals surface area (Å²) < 4.78 is 39.3. The van der Waals surface area contributed by atoms with Gasteiger partial charge < -0.3 is 10.6 Å². The number of nitrogens with one attached hydrogen (secondary N) is 2. The minimum Gasteiger partial charge on any atom is -0.343 e. The number of hydrogen-bond donors (Lipinski definition) is 2. The molecule has 0 saturated carbocycles. The van der Waals surface area contributed by atoms with Crippen LogP contribution in [0.5, 0.6) is 0 Å². The Morgan fingerprint density at radius 1 is 1.11 bits per heavy atom. The largest absolute Gasteiger partial charge is 0.343 e. The van der Waals surface area contributed by atoms with Crippen LogP contribution in [0.4, 0.5) is 24.5 Å². The Hall–Kier alpha value is -3.69. The Morgan fingerprint density at radius 3 is 2.56 bits per heavy atom. The maximum absolute atomic E-state index is 13.4. The van der Waals surface area contributed by atoms with E-state index in [1.807, 2.05) is 5.32 Å². The van der Waals surface area contributed by atoms with Gasteiger partial charge in [0.05, 0.1) is 17.2 Å². The van der Waals surface area contributed by atoms with Crippen molar-refractivity contribution in [2.45, 2.75) is 0 Å². The molecule has 0 spiro atoms. The van der Waals surface area contributed by atoms with Crippen LogP contribution in [0.15, 0.2) is 42.5 Å². The van der Waals surface area contributed by atoms with Crippen LogP contribution in [-0.4, -0.2) is 23.3 Å². The van der Waals surface area contributed by atoms with E-state index in [-0.39, 0.29) is 5.69 Å². The highest BCUT2D eigenvalue weighted by atomic mass is 19.2. The van der Waals surface area contributed by atoms with E-state index in [2.05, 4.69) is 5.32 Å². The van der Waals surface area contributed by atoms with Gasteiger partial charge in [0.25, 0.3) is 5.69 Å². The first-order valence-electron chi connectivity index (χ1n) is 7.41. The lowest BCUT2D eigenvalue weighted by Crippen LogP contribution is -2.32. The normalized spacial score (nSPS) is 10.6. The average molecular weight is 379 g/mol. The number of hydrogen-bond acceptors (Lipinski definition) is 4. The van der Waals surface area contributed by atoms with E-state index in [4.69, 9.17) is 0 Å². The molecular formula is C17H12F3N3O4. The van der Waals surface area contributed by atoms with E-state index in [1.54, 1.807) is 0 Å². The molecule has 140 valence electrons. The second kappa shape index (κ2) is 8.61. The third-order valence-electron chi connectivity index (χ3n) is 3.24. The molecule has 0 bridgehead atoms. The summed E-state index contributed by atoms with van der Waals surface area (Å²) >= 11 is 0. The highest BCUT2D eigenvalue weighted by Gasteiger charge is 2.15. The highest BCUT2D eigenvalue weighted by Crippen LogP contribution is 2.19. The van der Waals surface area contributed by atoms with E-state index in [9.17, 15) is 32.9 Å². The SMILES string of the molecule is O=C(C=Cc1cccc([N+](=O)[O-])c1)NCC(=O)Nc1ccc(F)c(F)c1F. The monoisotopic (exact) mass is 379 g/mol. The number of non-ortho nitro benzene ring substituents is 1. The van der Waals surface area contributed by atoms with Crippen LogP contribution in [0.2, 0.25) is 0 Å². The molecule has 2 aromatic rings. The number of anilines is 1. The summed E-state index contributed by atoms with van der Waals surface area (Å²) in [6.07, 6.45) is 2.35. The van der Waals surface area contributed by atoms with Gasteiger partial charge in [-0.05, 0) is 23.8 Å². The van der Waals surface area contributed by atoms with Gasteiger partial charge in [0.2, 0.25) is 11.8 Å². The third kappa shape index (κ3) is 5.39. The molecular weight excluding hydrogens is 367 g/mol. The van der Waals surface area contributed by atoms with Crippen molar-refractivity contribution in [2.24, 2.45) is 0 Å². The van der Waals surface area contributed by atoms with Crippen LogP contribution in [-0.2, 0) is 9.59 Å². The van der Waals surface area contributed by atoms with Gasteiger partial charge in [-0.1, -0.05) is 12.1 Å². The van der Waals surface area contributed by atoms with Crippen molar-refractivity contribution in [3.8, 4) is 0 Å². The minimum atomic E-state index is -1.73. The van der Waals surface area contributed by atoms with Gasteiger partial charge >= 0.3 is 0 Å². The molecule has 0 aliphatic carbocycles. The van der Waals surface area contributed by atoms with Crippen molar-refractivity contribution in [1.82, 2.24) is 5.32 Å². The minimum absolute atomic E-state index is 0.148. The molecule has 0 aliphatic rings. The van der Waals surface area contributed by atoms with Gasteiger partial charge in [0, 0.05) is 18.2 Å². The van der Waals surface area contributed by atoms with Gasteiger partial charge in [0.1, 0.15) is 0 Å². The van der Waals surface area contributed by atoms with E-state index in [0.717, 1.165) is 12.1 Å². The Bertz CT molecular complexity index is 932. The first kappa shape index (κ1) is 19.6. The topological polar surface area (TPSA) is 101 Å². The van der Waals surface area contributed by atoms with Crippen LogP contribution in [0.1, 0.15) is 5.56 Å². The number of nitro benzene ring substituents is 1. The maximum Gasteiger partial charge on any atom is 0.270 e. The summed E-state index contributed by atoms with van der Waals surface area (Å²) in [5, 5.41) is 14.9. The molecule has 0 fully saturated rings. The van der Waals surface area contributed by atoms with Gasteiger partial charge in [-0.2, -0.15) is 0 Å². The predicted octanol–water partition coefficient (Wildman–Crippen LogP) is 2.78. The number of halogens is 3. The second-order valence-electron chi connectivity index (χ2n) is 5.17. The molecule has 2 aromatic carbocycles. The molecule has 27 heavy (non-hydrogen) atoms. The Balaban J connectivity index is 1.90. The van der Waals surface area contributed by atoms with Gasteiger partial charge in [0.15, 0.2) is 17.5 Å². The smallest absolute Gasteiger partial charge is 0.270 e. The molecule has 7 nitrogen and oxygen atoms in total. The molecule has 0 unspecified atom stereocenters. The summed E-state index contributed by atoms with van der Waals surface area (Å²) in [5.74, 6) is -6.23. The van der Waals surface area contributed by atoms with E-state index < -0.39 is 46.4 Å². The van der Waals surface area contributed by atoms with Crippen LogP contribution in [0, 0.1) is 27.6 Å². The van der Waals surface area contributed by atoms with Crippen LogP contribution >= 0.6 is 0 Å². The second-order valence-corrected chi connectivity index (χ2v) is 5.17. The van der Waals surface area contributed by atoms with Crippen molar-refractivity contribution < 1.29 is 27.7 Å². The summed E-state index contributed by atoms with van der Waals surface area (Å²) in [6, 6.07) is 7.01. The van der Waals surface area contributed by atoms with E-state index >= 15 is 0 Å². The molecule has 0 aromatic heterocycles. The zero-order chi connectivity index (χ0) is 20.0. The number of amides is 2. The van der Waals surface area contributed by atoms with E-state index in [0.29, 0.717) is 11.6 Å². The molecule has 10 heteroatoms. The van der Waals surface area contributed by atoms with Gasteiger partial charge in [-0.3, -0.25) is 19.7 Å². The number of nitro groups is 1. The number of carbonyl (C=O) groups excluding carboxylic acids is 2. The molecule has 2 amide bonds. The van der Waals surface area contributed by atoms with Crippen molar-refractivity contribution in [1.29, 1.82) is 0 Å². The molecule has 0 atom stereocenters. The number of carbonyl (C=O) groups is 2. The zero-order valence-electron chi connectivity index (χ0n) is 13.5. The summed E-state index contributed by atoms with van der Waals surface area (Å²) in [6.45, 7) is -0.559. The fourth-order valence-corrected chi connectivity index (χ4v) is 1.96. The fourth-order valence-electron chi connectivity index (χ4n) is 1.96. The first-order valence-corrected chi connectivity index (χ1v) is 7.41. The van der Waals surface area contributed by atoms with Crippen LogP contribution in [0.3, 0.4) is 0 Å². The average Bonchev–Trinajstić information content (AvgIpc) is 2.65. The standard InChI is InChI=1S/C17H12F3N3O4/c18-12-5-6-13(17(20)16(12)19)22-15(25)9-21-14(24)7-4-10-2-1-3-11(8-10)23(26)27/h1-8H,9H2,(H,21,24)(H,22,25). The fraction of sp³-hybridized carbons (Fsp3) is 0.0588. The molecule has 0 aliphatic heterocycles. The lowest BCUT2D eigenvalue weighted by Gasteiger charge is -2.07. The van der Waals surface area contributed by atoms with Crippen molar-refractivity contribution in [2.75, 3.05) is 11.9 Å². The number of benzene rings is 2. The summed E-state index contributed by atoms with van der Waals surface area (Å²) in [7, 11) is 0. The molecule has 0 saturated heterocycles. The molecule has 0 radical (unpaired) electrons. The van der Waals surface area contributed by atoms with Gasteiger partial charge in [-0.15, -0.1) is 0 Å². The Kier molecular flexibility index (Phi) is 6.26. The summed E-state index contributed by atoms with van der Waals surface area (Å²) in [5.41, 5.74) is -0.321. The quantitative estimate of drug-likeness (QED) is 0.349. The van der Waals surface area contributed by atoms with Crippen molar-refractivity contribution in [3.63, 3.8) is 0 Å². The predicted molar refractivity (Wildman–Crippen MR) is 90.1 cm³/mol. The van der Waals surface area contributed by atoms with Crippen LogP contribution in [0.25, 0.3) is 6.08 Å². The zero-order valence-corrected chi connectivity index (χ0v) is 13.5. The molecule has 0 heterocycles. The lowest BCUT2D eigenvalue weighted by molar-refractivity contribution is -0.384. The highest BCUT2D eigenvalue weighted by molar-refractivity contribution is 5.98. The number of rotatable bonds is 6. The molecule has 2 N–H and O–H groups in total. The Labute approximate surface area is 150 Å². The van der Waals surface area contributed by atoms with Crippen LogP contribution < -0.4 is 10.6 Å². The number of nitrogens with zero attached hydrogens (tertiary/aromatic N) is 1. The Morgan fingerprint density at radius 2 is 1.85 bits per heavy atom. The van der Waals surface area contributed by atoms with Crippen molar-refractivity contribution >= 4 is 29.3 Å². The first-order chi connectivity index (χ1) is 12.8. The van der Waals surface area contributed by atoms with E-state index in [1.165, 1.54) is 30.3 Å². The maximum atomic E-state index is 13.4.